The molecule has 0 spiro atoms. The topological polar surface area (TPSA) is 28.2 Å². The van der Waals surface area contributed by atoms with Crippen LogP contribution in [0.5, 0.6) is 0 Å². The van der Waals surface area contributed by atoms with E-state index in [9.17, 15) is 0 Å². The molecule has 0 saturated heterocycles. The average molecular weight is 241 g/mol. The van der Waals surface area contributed by atoms with Crippen LogP contribution in [0, 0.1) is 0 Å². The Hall–Kier alpha value is -0.450. The van der Waals surface area contributed by atoms with E-state index in [-0.39, 0.29) is 0 Å². The molecule has 0 aromatic carbocycles. The number of rotatable bonds is 7. The smallest absolute Gasteiger partial charge is 0.0926 e. The molecule has 16 heavy (non-hydrogen) atoms. The summed E-state index contributed by atoms with van der Waals surface area (Å²) in [6.45, 7) is 6.41. The summed E-state index contributed by atoms with van der Waals surface area (Å²) in [7, 11) is 4.22. The van der Waals surface area contributed by atoms with Crippen LogP contribution in [0.2, 0.25) is 0 Å². The van der Waals surface area contributed by atoms with Gasteiger partial charge in [-0.25, -0.2) is 4.98 Å². The van der Waals surface area contributed by atoms with Gasteiger partial charge < -0.3 is 10.2 Å². The zero-order chi connectivity index (χ0) is 12.0. The Bertz CT molecular complexity index is 296. The molecular formula is C12H23N3S. The Kier molecular flexibility index (Phi) is 5.95. The fourth-order valence-electron chi connectivity index (χ4n) is 1.43. The molecule has 0 amide bonds. The lowest BCUT2D eigenvalue weighted by Crippen LogP contribution is -2.29. The quantitative estimate of drug-likeness (QED) is 0.793. The van der Waals surface area contributed by atoms with Crippen molar-refractivity contribution in [2.45, 2.75) is 39.3 Å². The van der Waals surface area contributed by atoms with Crippen LogP contribution in [-0.2, 0) is 13.0 Å². The molecule has 1 N–H and O–H groups in total. The lowest BCUT2D eigenvalue weighted by Gasteiger charge is -2.15. The van der Waals surface area contributed by atoms with Gasteiger partial charge in [-0.3, -0.25) is 0 Å². The van der Waals surface area contributed by atoms with Gasteiger partial charge in [-0.05, 0) is 40.4 Å². The minimum absolute atomic E-state index is 0.550. The van der Waals surface area contributed by atoms with Crippen molar-refractivity contribution in [1.29, 1.82) is 0 Å². The zero-order valence-corrected chi connectivity index (χ0v) is 11.6. The number of nitrogens with zero attached hydrogens (tertiary/aromatic N) is 2. The maximum atomic E-state index is 4.54. The predicted molar refractivity (Wildman–Crippen MR) is 71.0 cm³/mol. The largest absolute Gasteiger partial charge is 0.309 e. The van der Waals surface area contributed by atoms with E-state index in [2.05, 4.69) is 48.5 Å². The molecular weight excluding hydrogens is 218 g/mol. The first-order valence-corrected chi connectivity index (χ1v) is 6.81. The van der Waals surface area contributed by atoms with Crippen molar-refractivity contribution in [2.24, 2.45) is 0 Å². The van der Waals surface area contributed by atoms with Crippen molar-refractivity contribution in [3.05, 3.63) is 16.1 Å². The highest BCUT2D eigenvalue weighted by Crippen LogP contribution is 2.10. The molecule has 1 aromatic heterocycles. The summed E-state index contributed by atoms with van der Waals surface area (Å²) in [6, 6.07) is 0.550. The van der Waals surface area contributed by atoms with Gasteiger partial charge in [-0.2, -0.15) is 0 Å². The molecule has 1 rings (SSSR count). The Balaban J connectivity index is 2.23. The summed E-state index contributed by atoms with van der Waals surface area (Å²) in [5.41, 5.74) is 1.18. The molecule has 3 nitrogen and oxygen atoms in total. The van der Waals surface area contributed by atoms with Crippen molar-refractivity contribution in [3.63, 3.8) is 0 Å². The molecule has 4 heteroatoms. The van der Waals surface area contributed by atoms with Crippen molar-refractivity contribution in [1.82, 2.24) is 15.2 Å². The van der Waals surface area contributed by atoms with Crippen LogP contribution in [0.15, 0.2) is 5.38 Å². The Morgan fingerprint density at radius 2 is 2.25 bits per heavy atom. The lowest BCUT2D eigenvalue weighted by molar-refractivity contribution is 0.365. The fraction of sp³-hybridized carbons (Fsp3) is 0.750. The van der Waals surface area contributed by atoms with Gasteiger partial charge in [-0.15, -0.1) is 11.3 Å². The van der Waals surface area contributed by atoms with Crippen molar-refractivity contribution in [2.75, 3.05) is 20.6 Å². The normalized spacial score (nSPS) is 13.3. The average Bonchev–Trinajstić information content (AvgIpc) is 2.71. The first kappa shape index (κ1) is 13.6. The predicted octanol–water partition coefficient (Wildman–Crippen LogP) is 2.14. The van der Waals surface area contributed by atoms with E-state index >= 15 is 0 Å². The Labute approximate surface area is 103 Å². The van der Waals surface area contributed by atoms with Crippen molar-refractivity contribution >= 4 is 11.3 Å². The molecule has 0 radical (unpaired) electrons. The summed E-state index contributed by atoms with van der Waals surface area (Å²) in [6.07, 6.45) is 2.22. The van der Waals surface area contributed by atoms with E-state index in [1.165, 1.54) is 17.1 Å². The van der Waals surface area contributed by atoms with Crippen LogP contribution in [0.25, 0.3) is 0 Å². The van der Waals surface area contributed by atoms with Crippen molar-refractivity contribution in [3.8, 4) is 0 Å². The summed E-state index contributed by atoms with van der Waals surface area (Å²) >= 11 is 1.76. The highest BCUT2D eigenvalue weighted by molar-refractivity contribution is 7.09. The van der Waals surface area contributed by atoms with Gasteiger partial charge in [0.2, 0.25) is 0 Å². The van der Waals surface area contributed by atoms with Gasteiger partial charge in [0.25, 0.3) is 0 Å². The fourth-order valence-corrected chi connectivity index (χ4v) is 2.17. The zero-order valence-electron chi connectivity index (χ0n) is 10.8. The first-order chi connectivity index (χ1) is 7.61. The van der Waals surface area contributed by atoms with E-state index in [1.54, 1.807) is 11.3 Å². The third-order valence-electron chi connectivity index (χ3n) is 2.54. The number of aryl methyl sites for hydroxylation is 1. The van der Waals surface area contributed by atoms with Gasteiger partial charge in [-0.1, -0.05) is 6.92 Å². The van der Waals surface area contributed by atoms with E-state index < -0.39 is 0 Å². The summed E-state index contributed by atoms with van der Waals surface area (Å²) < 4.78 is 0. The monoisotopic (exact) mass is 241 g/mol. The van der Waals surface area contributed by atoms with Crippen LogP contribution in [0.1, 0.15) is 31.0 Å². The maximum Gasteiger partial charge on any atom is 0.0926 e. The Morgan fingerprint density at radius 1 is 1.50 bits per heavy atom. The molecule has 92 valence electrons. The number of hydrogen-bond donors (Lipinski definition) is 1. The van der Waals surface area contributed by atoms with Gasteiger partial charge in [0.05, 0.1) is 10.7 Å². The second-order valence-electron chi connectivity index (χ2n) is 4.46. The summed E-state index contributed by atoms with van der Waals surface area (Å²) in [5, 5.41) is 6.90. The molecule has 1 atom stereocenters. The van der Waals surface area contributed by atoms with E-state index in [4.69, 9.17) is 0 Å². The van der Waals surface area contributed by atoms with Gasteiger partial charge >= 0.3 is 0 Å². The van der Waals surface area contributed by atoms with Crippen LogP contribution in [-0.4, -0.2) is 36.6 Å². The first-order valence-electron chi connectivity index (χ1n) is 5.93. The molecule has 1 aromatic rings. The second kappa shape index (κ2) is 6.99. The number of hydrogen-bond acceptors (Lipinski definition) is 4. The van der Waals surface area contributed by atoms with E-state index in [0.29, 0.717) is 6.04 Å². The van der Waals surface area contributed by atoms with E-state index in [1.807, 2.05) is 0 Å². The highest BCUT2D eigenvalue weighted by Gasteiger charge is 2.04. The molecule has 1 unspecified atom stereocenters. The molecule has 0 saturated carbocycles. The Morgan fingerprint density at radius 3 is 2.81 bits per heavy atom. The van der Waals surface area contributed by atoms with Gasteiger partial charge in [0.1, 0.15) is 0 Å². The van der Waals surface area contributed by atoms with E-state index in [0.717, 1.165) is 19.5 Å². The SMILES string of the molecule is CCc1nc(CNC(C)CCN(C)C)cs1. The number of nitrogens with one attached hydrogen (secondary N) is 1. The second-order valence-corrected chi connectivity index (χ2v) is 5.40. The lowest BCUT2D eigenvalue weighted by atomic mass is 10.2. The standard InChI is InChI=1S/C12H23N3S/c1-5-12-14-11(9-16-12)8-13-10(2)6-7-15(3)4/h9-10,13H,5-8H2,1-4H3. The van der Waals surface area contributed by atoms with Crippen LogP contribution >= 0.6 is 11.3 Å². The maximum absolute atomic E-state index is 4.54. The molecule has 1 heterocycles. The van der Waals surface area contributed by atoms with Crippen molar-refractivity contribution < 1.29 is 0 Å². The third-order valence-corrected chi connectivity index (χ3v) is 3.58. The van der Waals surface area contributed by atoms with Gasteiger partial charge in [0, 0.05) is 18.0 Å². The summed E-state index contributed by atoms with van der Waals surface area (Å²) in [5.74, 6) is 0. The number of aromatic nitrogens is 1. The van der Waals surface area contributed by atoms with Crippen LogP contribution in [0.3, 0.4) is 0 Å². The molecule has 0 bridgehead atoms. The molecule has 0 fully saturated rings. The minimum Gasteiger partial charge on any atom is -0.309 e. The van der Waals surface area contributed by atoms with Crippen LogP contribution < -0.4 is 5.32 Å². The van der Waals surface area contributed by atoms with Gasteiger partial charge in [0.15, 0.2) is 0 Å². The summed E-state index contributed by atoms with van der Waals surface area (Å²) in [4.78, 5) is 6.76. The number of thiazole rings is 1. The molecule has 0 aliphatic heterocycles. The molecule has 0 aliphatic rings. The minimum atomic E-state index is 0.550. The highest BCUT2D eigenvalue weighted by atomic mass is 32.1. The van der Waals surface area contributed by atoms with Crippen LogP contribution in [0.4, 0.5) is 0 Å². The third kappa shape index (κ3) is 5.05. The molecule has 0 aliphatic carbocycles.